The predicted molar refractivity (Wildman–Crippen MR) is 111 cm³/mol. The molecular formula is C20H12Cl2F4N2O3S. The molecule has 3 rings (SSSR count). The van der Waals surface area contributed by atoms with Crippen molar-refractivity contribution in [2.24, 2.45) is 0 Å². The summed E-state index contributed by atoms with van der Waals surface area (Å²) >= 11 is 11.8. The maximum absolute atomic E-state index is 14.2. The number of alkyl halides is 3. The minimum absolute atomic E-state index is 0.0845. The van der Waals surface area contributed by atoms with Gasteiger partial charge in [0.05, 0.1) is 31.8 Å². The van der Waals surface area contributed by atoms with Gasteiger partial charge in [-0.2, -0.15) is 13.2 Å². The highest BCUT2D eigenvalue weighted by Crippen LogP contribution is 2.34. The topological polar surface area (TPSA) is 76.1 Å². The third-order valence-corrected chi connectivity index (χ3v) is 6.21. The summed E-state index contributed by atoms with van der Waals surface area (Å²) in [5.74, 6) is -2.02. The van der Waals surface area contributed by atoms with Gasteiger partial charge in [-0.15, -0.1) is 0 Å². The molecule has 3 aromatic rings. The summed E-state index contributed by atoms with van der Waals surface area (Å²) in [7, 11) is -4.62. The summed E-state index contributed by atoms with van der Waals surface area (Å²) in [6, 6.07) is 6.95. The van der Waals surface area contributed by atoms with Gasteiger partial charge in [-0.3, -0.25) is 9.52 Å². The minimum atomic E-state index is -4.78. The van der Waals surface area contributed by atoms with Crippen LogP contribution < -0.4 is 4.72 Å². The van der Waals surface area contributed by atoms with Crippen molar-refractivity contribution in [3.05, 3.63) is 86.9 Å². The molecule has 2 aromatic carbocycles. The van der Waals surface area contributed by atoms with Gasteiger partial charge in [0.25, 0.3) is 10.0 Å². The number of pyridine rings is 1. The number of hydrogen-bond donors (Lipinski definition) is 1. The van der Waals surface area contributed by atoms with Crippen LogP contribution in [0.15, 0.2) is 53.6 Å². The monoisotopic (exact) mass is 506 g/mol. The van der Waals surface area contributed by atoms with Crippen LogP contribution >= 0.6 is 23.2 Å². The first kappa shape index (κ1) is 24.0. The van der Waals surface area contributed by atoms with E-state index in [1.54, 1.807) is 0 Å². The molecule has 0 saturated carbocycles. The number of carbonyl (C=O) groups is 1. The molecule has 1 heterocycles. The van der Waals surface area contributed by atoms with Crippen molar-refractivity contribution in [1.82, 2.24) is 4.98 Å². The lowest BCUT2D eigenvalue weighted by Crippen LogP contribution is -2.18. The Morgan fingerprint density at radius 3 is 2.41 bits per heavy atom. The predicted octanol–water partition coefficient (Wildman–Crippen LogP) is 5.89. The van der Waals surface area contributed by atoms with Crippen molar-refractivity contribution in [3.8, 4) is 0 Å². The number of ketones is 1. The molecule has 5 nitrogen and oxygen atoms in total. The van der Waals surface area contributed by atoms with Gasteiger partial charge < -0.3 is 0 Å². The number of aromatic nitrogens is 1. The van der Waals surface area contributed by atoms with Crippen LogP contribution in [0.3, 0.4) is 0 Å². The summed E-state index contributed by atoms with van der Waals surface area (Å²) in [6.07, 6.45) is -3.76. The lowest BCUT2D eigenvalue weighted by Gasteiger charge is -2.15. The van der Waals surface area contributed by atoms with Crippen molar-refractivity contribution < 1.29 is 30.8 Å². The molecule has 168 valence electrons. The van der Waals surface area contributed by atoms with E-state index in [1.807, 2.05) is 4.72 Å². The van der Waals surface area contributed by atoms with Crippen LogP contribution in [-0.4, -0.2) is 19.2 Å². The summed E-state index contributed by atoms with van der Waals surface area (Å²) in [4.78, 5) is 15.9. The SMILES string of the molecule is Cc1ccc(S(=O)(=O)Nc2cc(Cl)cnc2C(=O)c2c(F)cccc2Cl)cc1C(F)(F)F. The van der Waals surface area contributed by atoms with Crippen molar-refractivity contribution in [2.45, 2.75) is 18.0 Å². The number of nitrogens with one attached hydrogen (secondary N) is 1. The summed E-state index contributed by atoms with van der Waals surface area (Å²) < 4.78 is 81.4. The summed E-state index contributed by atoms with van der Waals surface area (Å²) in [5.41, 5.74) is -2.88. The van der Waals surface area contributed by atoms with E-state index in [2.05, 4.69) is 4.98 Å². The average Bonchev–Trinajstić information content (AvgIpc) is 2.66. The first-order chi connectivity index (χ1) is 14.8. The number of benzene rings is 2. The standard InChI is InChI=1S/C20H12Cl2F4N2O3S/c1-10-5-6-12(8-13(10)20(24,25)26)32(30,31)28-16-7-11(21)9-27-18(16)19(29)17-14(22)3-2-4-15(17)23/h2-9,28H,1H3. The number of anilines is 1. The van der Waals surface area contributed by atoms with Crippen LogP contribution in [0.1, 0.15) is 27.2 Å². The highest BCUT2D eigenvalue weighted by Gasteiger charge is 2.34. The molecule has 1 N–H and O–H groups in total. The zero-order valence-electron chi connectivity index (χ0n) is 16.0. The van der Waals surface area contributed by atoms with Gasteiger partial charge >= 0.3 is 6.18 Å². The molecule has 0 radical (unpaired) electrons. The van der Waals surface area contributed by atoms with Crippen molar-refractivity contribution in [2.75, 3.05) is 4.72 Å². The molecule has 0 aliphatic heterocycles. The second-order valence-electron chi connectivity index (χ2n) is 6.56. The molecule has 0 saturated heterocycles. The van der Waals surface area contributed by atoms with Crippen LogP contribution in [0.4, 0.5) is 23.2 Å². The molecular weight excluding hydrogens is 495 g/mol. The largest absolute Gasteiger partial charge is 0.416 e. The number of aryl methyl sites for hydroxylation is 1. The molecule has 32 heavy (non-hydrogen) atoms. The van der Waals surface area contributed by atoms with E-state index in [-0.39, 0.29) is 15.6 Å². The van der Waals surface area contributed by atoms with Crippen LogP contribution in [0.25, 0.3) is 0 Å². The number of rotatable bonds is 5. The van der Waals surface area contributed by atoms with Gasteiger partial charge in [0.15, 0.2) is 0 Å². The van der Waals surface area contributed by atoms with Crippen LogP contribution in [0.5, 0.6) is 0 Å². The molecule has 0 fully saturated rings. The fraction of sp³-hybridized carbons (Fsp3) is 0.100. The fourth-order valence-electron chi connectivity index (χ4n) is 2.81. The van der Waals surface area contributed by atoms with E-state index in [9.17, 15) is 30.8 Å². The van der Waals surface area contributed by atoms with E-state index in [0.29, 0.717) is 6.07 Å². The maximum atomic E-state index is 14.2. The highest BCUT2D eigenvalue weighted by molar-refractivity contribution is 7.92. The Balaban J connectivity index is 2.09. The number of halogens is 6. The maximum Gasteiger partial charge on any atom is 0.416 e. The van der Waals surface area contributed by atoms with Crippen LogP contribution in [0.2, 0.25) is 10.0 Å². The summed E-state index contributed by atoms with van der Waals surface area (Å²) in [5, 5.41) is -0.326. The highest BCUT2D eigenvalue weighted by atomic mass is 35.5. The number of sulfonamides is 1. The fourth-order valence-corrected chi connectivity index (χ4v) is 4.30. The third-order valence-electron chi connectivity index (χ3n) is 4.33. The Bertz CT molecular complexity index is 1310. The Hall–Kier alpha value is -2.69. The Morgan fingerprint density at radius 2 is 1.78 bits per heavy atom. The molecule has 12 heteroatoms. The van der Waals surface area contributed by atoms with E-state index >= 15 is 0 Å². The Kier molecular flexibility index (Phi) is 6.50. The second kappa shape index (κ2) is 8.68. The van der Waals surface area contributed by atoms with Gasteiger partial charge in [0, 0.05) is 6.20 Å². The molecule has 0 amide bonds. The summed E-state index contributed by atoms with van der Waals surface area (Å²) in [6.45, 7) is 1.18. The normalized spacial score (nSPS) is 12.0. The molecule has 1 aromatic heterocycles. The quantitative estimate of drug-likeness (QED) is 0.346. The number of carbonyl (C=O) groups excluding carboxylic acids is 1. The molecule has 0 bridgehead atoms. The lowest BCUT2D eigenvalue weighted by molar-refractivity contribution is -0.138. The first-order valence-corrected chi connectivity index (χ1v) is 10.9. The van der Waals surface area contributed by atoms with Gasteiger partial charge in [-0.05, 0) is 42.8 Å². The Labute approximate surface area is 190 Å². The average molecular weight is 507 g/mol. The van der Waals surface area contributed by atoms with Gasteiger partial charge in [0.2, 0.25) is 5.78 Å². The third kappa shape index (κ3) is 4.87. The smallest absolute Gasteiger partial charge is 0.287 e. The zero-order valence-corrected chi connectivity index (χ0v) is 18.3. The van der Waals surface area contributed by atoms with E-state index in [1.165, 1.54) is 19.1 Å². The Morgan fingerprint density at radius 1 is 1.09 bits per heavy atom. The van der Waals surface area contributed by atoms with E-state index in [4.69, 9.17) is 23.2 Å². The van der Waals surface area contributed by atoms with Crippen LogP contribution in [-0.2, 0) is 16.2 Å². The molecule has 0 aliphatic carbocycles. The zero-order chi connectivity index (χ0) is 23.8. The lowest BCUT2D eigenvalue weighted by atomic mass is 10.1. The van der Waals surface area contributed by atoms with Gasteiger partial charge in [-0.1, -0.05) is 35.3 Å². The molecule has 0 aliphatic rings. The number of hydrogen-bond acceptors (Lipinski definition) is 4. The molecule has 0 spiro atoms. The van der Waals surface area contributed by atoms with Crippen molar-refractivity contribution in [1.29, 1.82) is 0 Å². The van der Waals surface area contributed by atoms with Gasteiger partial charge in [-0.25, -0.2) is 17.8 Å². The van der Waals surface area contributed by atoms with Gasteiger partial charge in [0.1, 0.15) is 11.5 Å². The van der Waals surface area contributed by atoms with E-state index in [0.717, 1.165) is 30.5 Å². The van der Waals surface area contributed by atoms with Crippen molar-refractivity contribution >= 4 is 44.7 Å². The van der Waals surface area contributed by atoms with Crippen molar-refractivity contribution in [3.63, 3.8) is 0 Å². The van der Waals surface area contributed by atoms with E-state index < -0.39 is 55.2 Å². The molecule has 0 unspecified atom stereocenters. The first-order valence-electron chi connectivity index (χ1n) is 8.66. The minimum Gasteiger partial charge on any atom is -0.287 e. The number of nitrogens with zero attached hydrogens (tertiary/aromatic N) is 1. The molecule has 0 atom stereocenters. The second-order valence-corrected chi connectivity index (χ2v) is 9.08. The van der Waals surface area contributed by atoms with Crippen LogP contribution in [0, 0.1) is 12.7 Å².